The molecule has 2 nitrogen and oxygen atoms in total. The maximum atomic E-state index is 6.26. The number of hydrogen-bond acceptors (Lipinski definition) is 2. The van der Waals surface area contributed by atoms with E-state index >= 15 is 0 Å². The van der Waals surface area contributed by atoms with E-state index in [0.29, 0.717) is 5.41 Å². The van der Waals surface area contributed by atoms with E-state index in [0.717, 1.165) is 22.2 Å². The van der Waals surface area contributed by atoms with Gasteiger partial charge in [-0.2, -0.15) is 0 Å². The van der Waals surface area contributed by atoms with Crippen molar-refractivity contribution in [1.82, 2.24) is 10.2 Å². The molecule has 112 valence electrons. The minimum Gasteiger partial charge on any atom is -0.317 e. The Morgan fingerprint density at radius 3 is 2.65 bits per heavy atom. The highest BCUT2D eigenvalue weighted by Gasteiger charge is 2.38. The number of nitrogens with zero attached hydrogens (tertiary/aromatic N) is 1. The van der Waals surface area contributed by atoms with Crippen molar-refractivity contribution in [3.63, 3.8) is 0 Å². The predicted octanol–water partition coefficient (Wildman–Crippen LogP) is 3.99. The van der Waals surface area contributed by atoms with Crippen LogP contribution in [0.2, 0.25) is 10.0 Å². The molecule has 5 heteroatoms. The van der Waals surface area contributed by atoms with Crippen LogP contribution in [0.15, 0.2) is 18.2 Å². The number of piperidine rings is 1. The van der Waals surface area contributed by atoms with E-state index in [1.165, 1.54) is 45.4 Å². The molecule has 0 atom stereocenters. The van der Waals surface area contributed by atoms with E-state index in [9.17, 15) is 0 Å². The van der Waals surface area contributed by atoms with E-state index < -0.39 is 0 Å². The van der Waals surface area contributed by atoms with Gasteiger partial charge in [-0.3, -0.25) is 4.90 Å². The second kappa shape index (κ2) is 6.85. The van der Waals surface area contributed by atoms with Crippen molar-refractivity contribution in [3.05, 3.63) is 33.8 Å². The summed E-state index contributed by atoms with van der Waals surface area (Å²) in [7, 11) is 0. The van der Waals surface area contributed by atoms with Crippen molar-refractivity contribution in [1.29, 1.82) is 0 Å². The van der Waals surface area contributed by atoms with E-state index in [1.807, 2.05) is 18.2 Å². The molecule has 1 aromatic carbocycles. The van der Waals surface area contributed by atoms with Gasteiger partial charge < -0.3 is 5.32 Å². The molecule has 1 spiro atoms. The molecule has 0 aromatic heterocycles. The molecule has 0 saturated carbocycles. The summed E-state index contributed by atoms with van der Waals surface area (Å²) in [6, 6.07) is 5.75. The monoisotopic (exact) mass is 334 g/mol. The SMILES string of the molecule is Cl.Clc1ccc(Cl)c(CN2CCC3(CCNCC3)C2)c1. The fourth-order valence-corrected chi connectivity index (χ4v) is 3.81. The predicted molar refractivity (Wildman–Crippen MR) is 88.1 cm³/mol. The van der Waals surface area contributed by atoms with E-state index in [1.54, 1.807) is 0 Å². The number of likely N-dealkylation sites (tertiary alicyclic amines) is 1. The van der Waals surface area contributed by atoms with Gasteiger partial charge >= 0.3 is 0 Å². The topological polar surface area (TPSA) is 15.3 Å². The molecule has 1 N–H and O–H groups in total. The van der Waals surface area contributed by atoms with Gasteiger partial charge in [0.2, 0.25) is 0 Å². The summed E-state index contributed by atoms with van der Waals surface area (Å²) in [6.45, 7) is 5.66. The van der Waals surface area contributed by atoms with E-state index in [-0.39, 0.29) is 12.4 Å². The van der Waals surface area contributed by atoms with Crippen LogP contribution in [0.3, 0.4) is 0 Å². The summed E-state index contributed by atoms with van der Waals surface area (Å²) < 4.78 is 0. The van der Waals surface area contributed by atoms with Gasteiger partial charge in [0.15, 0.2) is 0 Å². The Labute approximate surface area is 137 Å². The Morgan fingerprint density at radius 2 is 1.90 bits per heavy atom. The third kappa shape index (κ3) is 3.61. The molecule has 0 radical (unpaired) electrons. The first-order chi connectivity index (χ1) is 9.17. The van der Waals surface area contributed by atoms with Gasteiger partial charge in [0.1, 0.15) is 0 Å². The fourth-order valence-electron chi connectivity index (χ4n) is 3.43. The van der Waals surface area contributed by atoms with E-state index in [2.05, 4.69) is 10.2 Å². The van der Waals surface area contributed by atoms with Crippen LogP contribution >= 0.6 is 35.6 Å². The molecule has 20 heavy (non-hydrogen) atoms. The Balaban J connectivity index is 0.00000147. The molecule has 1 aromatic rings. The largest absolute Gasteiger partial charge is 0.317 e. The smallest absolute Gasteiger partial charge is 0.0452 e. The van der Waals surface area contributed by atoms with Crippen molar-refractivity contribution < 1.29 is 0 Å². The molecule has 2 aliphatic rings. The lowest BCUT2D eigenvalue weighted by molar-refractivity contribution is 0.194. The molecule has 0 unspecified atom stereocenters. The molecule has 0 bridgehead atoms. The lowest BCUT2D eigenvalue weighted by atomic mass is 9.78. The molecular formula is C15H21Cl3N2. The molecule has 2 heterocycles. The van der Waals surface area contributed by atoms with Gasteiger partial charge in [0, 0.05) is 23.1 Å². The van der Waals surface area contributed by atoms with Crippen molar-refractivity contribution >= 4 is 35.6 Å². The highest BCUT2D eigenvalue weighted by molar-refractivity contribution is 6.33. The normalized spacial score (nSPS) is 21.9. The maximum Gasteiger partial charge on any atom is 0.0452 e. The lowest BCUT2D eigenvalue weighted by Crippen LogP contribution is -2.38. The van der Waals surface area contributed by atoms with Gasteiger partial charge in [-0.25, -0.2) is 0 Å². The van der Waals surface area contributed by atoms with Gasteiger partial charge in [-0.05, 0) is 68.1 Å². The summed E-state index contributed by atoms with van der Waals surface area (Å²) in [5.41, 5.74) is 1.70. The lowest BCUT2D eigenvalue weighted by Gasteiger charge is -2.34. The molecule has 0 aliphatic carbocycles. The van der Waals surface area contributed by atoms with Crippen LogP contribution in [-0.4, -0.2) is 31.1 Å². The average Bonchev–Trinajstić information content (AvgIpc) is 2.78. The summed E-state index contributed by atoms with van der Waals surface area (Å²) in [6.07, 6.45) is 3.95. The van der Waals surface area contributed by atoms with Crippen molar-refractivity contribution in [2.24, 2.45) is 5.41 Å². The number of nitrogens with one attached hydrogen (secondary N) is 1. The summed E-state index contributed by atoms with van der Waals surface area (Å²) >= 11 is 12.3. The molecule has 2 fully saturated rings. The van der Waals surface area contributed by atoms with Crippen molar-refractivity contribution in [2.75, 3.05) is 26.2 Å². The zero-order valence-corrected chi connectivity index (χ0v) is 13.8. The van der Waals surface area contributed by atoms with Crippen LogP contribution in [-0.2, 0) is 6.54 Å². The summed E-state index contributed by atoms with van der Waals surface area (Å²) in [5.74, 6) is 0. The van der Waals surface area contributed by atoms with Crippen LogP contribution in [0.4, 0.5) is 0 Å². The zero-order valence-electron chi connectivity index (χ0n) is 11.5. The Morgan fingerprint density at radius 1 is 1.15 bits per heavy atom. The Hall–Kier alpha value is 0.01000. The fraction of sp³-hybridized carbons (Fsp3) is 0.600. The minimum absolute atomic E-state index is 0. The number of hydrogen-bond donors (Lipinski definition) is 1. The Kier molecular flexibility index (Phi) is 5.61. The summed E-state index contributed by atoms with van der Waals surface area (Å²) in [4.78, 5) is 2.53. The first-order valence-corrected chi connectivity index (χ1v) is 7.80. The van der Waals surface area contributed by atoms with Crippen LogP contribution in [0.1, 0.15) is 24.8 Å². The van der Waals surface area contributed by atoms with Gasteiger partial charge in [-0.1, -0.05) is 23.2 Å². The third-order valence-corrected chi connectivity index (χ3v) is 5.19. The second-order valence-electron chi connectivity index (χ2n) is 5.95. The van der Waals surface area contributed by atoms with Gasteiger partial charge in [0.05, 0.1) is 0 Å². The first-order valence-electron chi connectivity index (χ1n) is 7.04. The molecular weight excluding hydrogens is 315 g/mol. The standard InChI is InChI=1S/C15H20Cl2N2.ClH/c16-13-1-2-14(17)12(9-13)10-19-8-5-15(11-19)3-6-18-7-4-15;/h1-2,9,18H,3-8,10-11H2;1H. The van der Waals surface area contributed by atoms with E-state index in [4.69, 9.17) is 23.2 Å². The highest BCUT2D eigenvalue weighted by Crippen LogP contribution is 2.39. The minimum atomic E-state index is 0. The maximum absolute atomic E-state index is 6.26. The van der Waals surface area contributed by atoms with Crippen molar-refractivity contribution in [2.45, 2.75) is 25.8 Å². The number of rotatable bonds is 2. The van der Waals surface area contributed by atoms with Crippen molar-refractivity contribution in [3.8, 4) is 0 Å². The number of benzene rings is 1. The van der Waals surface area contributed by atoms with Crippen LogP contribution in [0.5, 0.6) is 0 Å². The third-order valence-electron chi connectivity index (χ3n) is 4.58. The molecule has 2 aliphatic heterocycles. The zero-order chi connectivity index (χ0) is 13.3. The highest BCUT2D eigenvalue weighted by atomic mass is 35.5. The first kappa shape index (κ1) is 16.4. The molecule has 0 amide bonds. The van der Waals surface area contributed by atoms with Crippen LogP contribution < -0.4 is 5.32 Å². The number of halogens is 3. The average molecular weight is 336 g/mol. The van der Waals surface area contributed by atoms with Gasteiger partial charge in [-0.15, -0.1) is 12.4 Å². The molecule has 3 rings (SSSR count). The second-order valence-corrected chi connectivity index (χ2v) is 6.79. The van der Waals surface area contributed by atoms with Gasteiger partial charge in [0.25, 0.3) is 0 Å². The van der Waals surface area contributed by atoms with Crippen LogP contribution in [0.25, 0.3) is 0 Å². The quantitative estimate of drug-likeness (QED) is 0.879. The van der Waals surface area contributed by atoms with Crippen LogP contribution in [0, 0.1) is 5.41 Å². The summed E-state index contributed by atoms with van der Waals surface area (Å²) in [5, 5.41) is 5.06. The Bertz CT molecular complexity index is 458. The molecule has 2 saturated heterocycles.